The van der Waals surface area contributed by atoms with Crippen molar-refractivity contribution in [2.24, 2.45) is 5.92 Å². The first kappa shape index (κ1) is 17.3. The summed E-state index contributed by atoms with van der Waals surface area (Å²) in [7, 11) is 0. The minimum atomic E-state index is 0.186. The highest BCUT2D eigenvalue weighted by molar-refractivity contribution is 7.10. The summed E-state index contributed by atoms with van der Waals surface area (Å²) >= 11 is 3.65. The molecule has 1 saturated carbocycles. The lowest BCUT2D eigenvalue weighted by molar-refractivity contribution is -0.123. The Hall–Kier alpha value is -1.17. The molecule has 3 nitrogen and oxygen atoms in total. The summed E-state index contributed by atoms with van der Waals surface area (Å²) in [5.41, 5.74) is 1.40. The van der Waals surface area contributed by atoms with Crippen molar-refractivity contribution in [1.82, 2.24) is 10.2 Å². The molecule has 134 valence electrons. The number of nitrogens with zero attached hydrogens (tertiary/aromatic N) is 1. The summed E-state index contributed by atoms with van der Waals surface area (Å²) in [6.07, 6.45) is 7.64. The van der Waals surface area contributed by atoms with Gasteiger partial charge in [0.2, 0.25) is 5.91 Å². The van der Waals surface area contributed by atoms with E-state index in [9.17, 15) is 4.79 Å². The third-order valence-corrected chi connectivity index (χ3v) is 7.46. The number of hydrogen-bond acceptors (Lipinski definition) is 4. The van der Waals surface area contributed by atoms with Crippen molar-refractivity contribution >= 4 is 28.6 Å². The minimum absolute atomic E-state index is 0.186. The van der Waals surface area contributed by atoms with Crippen LogP contribution in [0.1, 0.15) is 53.5 Å². The van der Waals surface area contributed by atoms with Crippen LogP contribution in [0.3, 0.4) is 0 Å². The van der Waals surface area contributed by atoms with Crippen LogP contribution in [0.15, 0.2) is 29.0 Å². The molecule has 25 heavy (non-hydrogen) atoms. The molecule has 1 fully saturated rings. The van der Waals surface area contributed by atoms with Crippen LogP contribution >= 0.6 is 22.7 Å². The summed E-state index contributed by atoms with van der Waals surface area (Å²) in [5, 5.41) is 7.54. The van der Waals surface area contributed by atoms with Gasteiger partial charge in [0.05, 0.1) is 12.6 Å². The second kappa shape index (κ2) is 8.02. The Labute approximate surface area is 158 Å². The van der Waals surface area contributed by atoms with Crippen LogP contribution in [0.4, 0.5) is 0 Å². The zero-order valence-corrected chi connectivity index (χ0v) is 16.2. The molecule has 0 bridgehead atoms. The van der Waals surface area contributed by atoms with E-state index in [-0.39, 0.29) is 11.9 Å². The summed E-state index contributed by atoms with van der Waals surface area (Å²) in [4.78, 5) is 17.8. The average molecular weight is 375 g/mol. The van der Waals surface area contributed by atoms with Crippen molar-refractivity contribution in [3.63, 3.8) is 0 Å². The summed E-state index contributed by atoms with van der Waals surface area (Å²) in [6.45, 7) is 2.33. The largest absolute Gasteiger partial charge is 0.355 e. The first-order valence-corrected chi connectivity index (χ1v) is 11.2. The number of thiophene rings is 2. The number of fused-ring (bicyclic) bond motifs is 1. The molecule has 3 heterocycles. The Bertz CT molecular complexity index is 688. The van der Waals surface area contributed by atoms with E-state index in [1.165, 1.54) is 47.4 Å². The molecule has 2 aromatic heterocycles. The van der Waals surface area contributed by atoms with Crippen LogP contribution < -0.4 is 5.32 Å². The van der Waals surface area contributed by atoms with Gasteiger partial charge in [-0.2, -0.15) is 0 Å². The molecule has 0 unspecified atom stereocenters. The topological polar surface area (TPSA) is 32.3 Å². The van der Waals surface area contributed by atoms with Crippen molar-refractivity contribution in [3.8, 4) is 0 Å². The zero-order chi connectivity index (χ0) is 17.1. The lowest BCUT2D eigenvalue weighted by atomic mass is 9.89. The van der Waals surface area contributed by atoms with Crippen molar-refractivity contribution < 1.29 is 4.79 Å². The zero-order valence-electron chi connectivity index (χ0n) is 14.6. The predicted octanol–water partition coefficient (Wildman–Crippen LogP) is 4.45. The SMILES string of the molecule is O=C(CN1CCc2sccc2[C@@H]1c1cccs1)NCC1CCCCC1. The Morgan fingerprint density at radius 3 is 2.84 bits per heavy atom. The van der Waals surface area contributed by atoms with E-state index in [1.54, 1.807) is 11.3 Å². The molecule has 4 rings (SSSR count). The molecule has 1 atom stereocenters. The molecule has 1 amide bonds. The van der Waals surface area contributed by atoms with Gasteiger partial charge in [0.15, 0.2) is 0 Å². The van der Waals surface area contributed by atoms with Gasteiger partial charge >= 0.3 is 0 Å². The molecule has 0 spiro atoms. The number of carbonyl (C=O) groups excluding carboxylic acids is 1. The maximum Gasteiger partial charge on any atom is 0.234 e. The quantitative estimate of drug-likeness (QED) is 0.838. The Balaban J connectivity index is 1.41. The Morgan fingerprint density at radius 1 is 1.16 bits per heavy atom. The summed E-state index contributed by atoms with van der Waals surface area (Å²) in [5.74, 6) is 0.876. The van der Waals surface area contributed by atoms with Crippen LogP contribution in [0.2, 0.25) is 0 Å². The van der Waals surface area contributed by atoms with Crippen molar-refractivity contribution in [1.29, 1.82) is 0 Å². The first-order valence-electron chi connectivity index (χ1n) is 9.41. The van der Waals surface area contributed by atoms with Crippen molar-refractivity contribution in [3.05, 3.63) is 44.3 Å². The number of nitrogens with one attached hydrogen (secondary N) is 1. The number of carbonyl (C=O) groups is 1. The fourth-order valence-electron chi connectivity index (χ4n) is 4.21. The third-order valence-electron chi connectivity index (χ3n) is 5.54. The van der Waals surface area contributed by atoms with Gasteiger partial charge in [-0.05, 0) is 53.6 Å². The molecule has 1 aliphatic carbocycles. The highest BCUT2D eigenvalue weighted by Crippen LogP contribution is 2.39. The lowest BCUT2D eigenvalue weighted by Gasteiger charge is -2.35. The van der Waals surface area contributed by atoms with Gasteiger partial charge in [-0.15, -0.1) is 22.7 Å². The third kappa shape index (κ3) is 3.99. The lowest BCUT2D eigenvalue weighted by Crippen LogP contribution is -2.43. The minimum Gasteiger partial charge on any atom is -0.355 e. The summed E-state index contributed by atoms with van der Waals surface area (Å²) in [6, 6.07) is 6.81. The Kier molecular flexibility index (Phi) is 5.54. The number of hydrogen-bond donors (Lipinski definition) is 1. The van der Waals surface area contributed by atoms with E-state index in [2.05, 4.69) is 39.2 Å². The van der Waals surface area contributed by atoms with E-state index in [0.29, 0.717) is 12.5 Å². The van der Waals surface area contributed by atoms with E-state index in [0.717, 1.165) is 19.5 Å². The molecule has 0 aromatic carbocycles. The van der Waals surface area contributed by atoms with Crippen molar-refractivity contribution in [2.75, 3.05) is 19.6 Å². The van der Waals surface area contributed by atoms with E-state index >= 15 is 0 Å². The fraction of sp³-hybridized carbons (Fsp3) is 0.550. The van der Waals surface area contributed by atoms with Crippen molar-refractivity contribution in [2.45, 2.75) is 44.6 Å². The normalized spacial score (nSPS) is 21.8. The highest BCUT2D eigenvalue weighted by atomic mass is 32.1. The van der Waals surface area contributed by atoms with Gasteiger partial charge in [0.1, 0.15) is 0 Å². The second-order valence-electron chi connectivity index (χ2n) is 7.25. The van der Waals surface area contributed by atoms with Crippen LogP contribution in [0.25, 0.3) is 0 Å². The highest BCUT2D eigenvalue weighted by Gasteiger charge is 2.31. The van der Waals surface area contributed by atoms with Gasteiger partial charge < -0.3 is 5.32 Å². The van der Waals surface area contributed by atoms with Crippen LogP contribution in [0, 0.1) is 5.92 Å². The smallest absolute Gasteiger partial charge is 0.234 e. The molecule has 5 heteroatoms. The van der Waals surface area contributed by atoms with Gasteiger partial charge in [-0.3, -0.25) is 9.69 Å². The van der Waals surface area contributed by atoms with Crippen LogP contribution in [-0.2, 0) is 11.2 Å². The van der Waals surface area contributed by atoms with E-state index < -0.39 is 0 Å². The van der Waals surface area contributed by atoms with Crippen LogP contribution in [0.5, 0.6) is 0 Å². The standard InChI is InChI=1S/C20H26N2OS2/c23-19(21-13-15-5-2-1-3-6-15)14-22-10-8-17-16(9-12-25-17)20(22)18-7-4-11-24-18/h4,7,9,11-12,15,20H,1-3,5-6,8,10,13-14H2,(H,21,23)/t20-/m1/s1. The maximum atomic E-state index is 12.6. The Morgan fingerprint density at radius 2 is 2.04 bits per heavy atom. The molecule has 2 aliphatic rings. The predicted molar refractivity (Wildman–Crippen MR) is 105 cm³/mol. The maximum absolute atomic E-state index is 12.6. The molecule has 2 aromatic rings. The molecular weight excluding hydrogens is 348 g/mol. The molecule has 1 aliphatic heterocycles. The van der Waals surface area contributed by atoms with Gasteiger partial charge in [-0.25, -0.2) is 0 Å². The molecule has 1 N–H and O–H groups in total. The monoisotopic (exact) mass is 374 g/mol. The van der Waals surface area contributed by atoms with E-state index in [1.807, 2.05) is 11.3 Å². The number of rotatable bonds is 5. The van der Waals surface area contributed by atoms with Crippen LogP contribution in [-0.4, -0.2) is 30.4 Å². The van der Waals surface area contributed by atoms with E-state index in [4.69, 9.17) is 0 Å². The average Bonchev–Trinajstić information content (AvgIpc) is 3.32. The summed E-state index contributed by atoms with van der Waals surface area (Å²) < 4.78 is 0. The second-order valence-corrected chi connectivity index (χ2v) is 9.23. The van der Waals surface area contributed by atoms with Gasteiger partial charge in [0.25, 0.3) is 0 Å². The van der Waals surface area contributed by atoms with Gasteiger partial charge in [-0.1, -0.05) is 25.3 Å². The number of amides is 1. The first-order chi connectivity index (χ1) is 12.3. The molecular formula is C20H26N2OS2. The molecule has 0 radical (unpaired) electrons. The fourth-order valence-corrected chi connectivity index (χ4v) is 5.99. The molecule has 0 saturated heterocycles. The van der Waals surface area contributed by atoms with Gasteiger partial charge in [0, 0.05) is 22.8 Å².